The molecule has 33 heavy (non-hydrogen) atoms. The maximum atomic E-state index is 14.0. The zero-order valence-corrected chi connectivity index (χ0v) is 17.7. The fourth-order valence-corrected chi connectivity index (χ4v) is 4.20. The fourth-order valence-electron chi connectivity index (χ4n) is 3.15. The van der Waals surface area contributed by atoms with Gasteiger partial charge < -0.3 is 5.32 Å². The van der Waals surface area contributed by atoms with Gasteiger partial charge in [0.1, 0.15) is 21.8 Å². The number of pyridine rings is 2. The number of carbonyl (C=O) groups is 1. The summed E-state index contributed by atoms with van der Waals surface area (Å²) in [6.45, 7) is 0. The van der Waals surface area contributed by atoms with Crippen LogP contribution in [0, 0.1) is 0 Å². The molecule has 0 radical (unpaired) electrons. The minimum Gasteiger partial charge on any atom is -0.320 e. The Morgan fingerprint density at radius 1 is 1.12 bits per heavy atom. The van der Waals surface area contributed by atoms with Crippen LogP contribution in [0.25, 0.3) is 22.9 Å². The third-order valence-electron chi connectivity index (χ3n) is 4.53. The number of anilines is 1. The zero-order chi connectivity index (χ0) is 23.2. The lowest BCUT2D eigenvalue weighted by Gasteiger charge is -2.11. The third-order valence-corrected chi connectivity index (χ3v) is 5.65. The Bertz CT molecular complexity index is 1480. The minimum atomic E-state index is -4.83. The summed E-state index contributed by atoms with van der Waals surface area (Å²) < 4.78 is 47.5. The molecule has 0 aliphatic heterocycles. The standard InChI is InChI=1S/C19H10ClF3N8OS/c20-11-7-10(8-25-17(11)31-26-4-5-27-31)28-18(32)16-14(19(21,22)23)15(29-33-16)12-9-24-13-3-1-2-6-30(12)13/h1-9H,(H,28,32). The van der Waals surface area contributed by atoms with Crippen LogP contribution in [-0.2, 0) is 6.18 Å². The second kappa shape index (κ2) is 7.94. The van der Waals surface area contributed by atoms with Crippen molar-refractivity contribution in [2.75, 3.05) is 5.32 Å². The number of halogens is 4. The Morgan fingerprint density at radius 3 is 2.64 bits per heavy atom. The number of carbonyl (C=O) groups excluding carboxylic acids is 1. The number of nitrogens with one attached hydrogen (secondary N) is 1. The molecule has 0 unspecified atom stereocenters. The van der Waals surface area contributed by atoms with Gasteiger partial charge in [0.25, 0.3) is 5.91 Å². The SMILES string of the molecule is O=C(Nc1cnc(-n2nccn2)c(Cl)c1)c1snc(-c2cnc3ccccn23)c1C(F)(F)F. The van der Waals surface area contributed by atoms with E-state index in [-0.39, 0.29) is 27.9 Å². The number of alkyl halides is 3. The van der Waals surface area contributed by atoms with Gasteiger partial charge in [0, 0.05) is 6.20 Å². The first kappa shape index (κ1) is 21.0. The van der Waals surface area contributed by atoms with Crippen molar-refractivity contribution >= 4 is 40.4 Å². The molecule has 0 aromatic carbocycles. The largest absolute Gasteiger partial charge is 0.420 e. The molecular weight excluding hydrogens is 481 g/mol. The molecule has 0 saturated carbocycles. The highest BCUT2D eigenvalue weighted by Crippen LogP contribution is 2.41. The molecule has 9 nitrogen and oxygen atoms in total. The van der Waals surface area contributed by atoms with Crippen molar-refractivity contribution in [3.8, 4) is 17.2 Å². The van der Waals surface area contributed by atoms with E-state index in [2.05, 4.69) is 29.9 Å². The third kappa shape index (κ3) is 3.81. The van der Waals surface area contributed by atoms with E-state index in [0.717, 1.165) is 0 Å². The quantitative estimate of drug-likeness (QED) is 0.401. The molecule has 0 bridgehead atoms. The van der Waals surface area contributed by atoms with E-state index in [1.54, 1.807) is 24.4 Å². The average molecular weight is 491 g/mol. The van der Waals surface area contributed by atoms with Crippen LogP contribution in [0.15, 0.2) is 55.2 Å². The number of hydrogen-bond acceptors (Lipinski definition) is 7. The highest BCUT2D eigenvalue weighted by molar-refractivity contribution is 7.08. The Kier molecular flexibility index (Phi) is 5.06. The minimum absolute atomic E-state index is 0.0933. The summed E-state index contributed by atoms with van der Waals surface area (Å²) >= 11 is 6.61. The molecule has 1 N–H and O–H groups in total. The second-order valence-corrected chi connectivity index (χ2v) is 7.79. The topological polar surface area (TPSA) is 103 Å². The molecule has 0 aliphatic rings. The van der Waals surface area contributed by atoms with E-state index < -0.39 is 22.5 Å². The molecule has 5 aromatic heterocycles. The number of fused-ring (bicyclic) bond motifs is 1. The van der Waals surface area contributed by atoms with Gasteiger partial charge in [0.15, 0.2) is 5.82 Å². The Labute approximate surface area is 191 Å². The Morgan fingerprint density at radius 2 is 1.91 bits per heavy atom. The summed E-state index contributed by atoms with van der Waals surface area (Å²) in [4.78, 5) is 21.5. The normalized spacial score (nSPS) is 11.8. The van der Waals surface area contributed by atoms with Gasteiger partial charge in [-0.05, 0) is 29.7 Å². The summed E-state index contributed by atoms with van der Waals surface area (Å²) in [5, 5.41) is 10.3. The number of aromatic nitrogens is 7. The highest BCUT2D eigenvalue weighted by atomic mass is 35.5. The lowest BCUT2D eigenvalue weighted by atomic mass is 10.1. The first-order valence-corrected chi connectivity index (χ1v) is 10.3. The zero-order valence-electron chi connectivity index (χ0n) is 16.2. The molecule has 5 heterocycles. The summed E-state index contributed by atoms with van der Waals surface area (Å²) in [5.74, 6) is -0.800. The van der Waals surface area contributed by atoms with Crippen LogP contribution >= 0.6 is 23.1 Å². The van der Waals surface area contributed by atoms with Crippen LogP contribution in [0.1, 0.15) is 15.2 Å². The van der Waals surface area contributed by atoms with Crippen molar-refractivity contribution in [1.29, 1.82) is 0 Å². The Balaban J connectivity index is 1.51. The molecule has 1 amide bonds. The van der Waals surface area contributed by atoms with Gasteiger partial charge >= 0.3 is 6.18 Å². The van der Waals surface area contributed by atoms with Gasteiger partial charge in [-0.3, -0.25) is 9.20 Å². The first-order valence-electron chi connectivity index (χ1n) is 9.16. The van der Waals surface area contributed by atoms with Crippen molar-refractivity contribution in [3.63, 3.8) is 0 Å². The van der Waals surface area contributed by atoms with Gasteiger partial charge in [0.05, 0.1) is 41.2 Å². The molecule has 0 atom stereocenters. The number of amides is 1. The maximum absolute atomic E-state index is 14.0. The van der Waals surface area contributed by atoms with E-state index in [1.165, 1.54) is 40.1 Å². The van der Waals surface area contributed by atoms with Crippen molar-refractivity contribution in [2.24, 2.45) is 0 Å². The van der Waals surface area contributed by atoms with Crippen LogP contribution in [0.4, 0.5) is 18.9 Å². The van der Waals surface area contributed by atoms with Gasteiger partial charge in [-0.1, -0.05) is 17.7 Å². The Hall–Kier alpha value is -3.84. The van der Waals surface area contributed by atoms with E-state index in [4.69, 9.17) is 11.6 Å². The molecule has 5 rings (SSSR count). The number of nitrogens with zero attached hydrogens (tertiary/aromatic N) is 7. The van der Waals surface area contributed by atoms with Gasteiger partial charge in [0.2, 0.25) is 0 Å². The van der Waals surface area contributed by atoms with E-state index in [9.17, 15) is 18.0 Å². The number of rotatable bonds is 4. The van der Waals surface area contributed by atoms with Crippen LogP contribution in [-0.4, -0.2) is 39.6 Å². The molecule has 0 aliphatic carbocycles. The molecule has 0 fully saturated rings. The van der Waals surface area contributed by atoms with Gasteiger partial charge in [-0.15, -0.1) is 4.80 Å². The maximum Gasteiger partial charge on any atom is 0.420 e. The van der Waals surface area contributed by atoms with Crippen molar-refractivity contribution in [3.05, 3.63) is 70.7 Å². The number of imidazole rings is 1. The van der Waals surface area contributed by atoms with Gasteiger partial charge in [-0.2, -0.15) is 27.7 Å². The van der Waals surface area contributed by atoms with Gasteiger partial charge in [-0.25, -0.2) is 9.97 Å². The van der Waals surface area contributed by atoms with Crippen LogP contribution in [0.2, 0.25) is 5.02 Å². The molecule has 166 valence electrons. The predicted molar refractivity (Wildman–Crippen MR) is 113 cm³/mol. The summed E-state index contributed by atoms with van der Waals surface area (Å²) in [7, 11) is 0. The predicted octanol–water partition coefficient (Wildman–Crippen LogP) is 4.36. The van der Waals surface area contributed by atoms with E-state index >= 15 is 0 Å². The average Bonchev–Trinajstić information content (AvgIpc) is 3.52. The first-order chi connectivity index (χ1) is 15.8. The van der Waals surface area contributed by atoms with Crippen molar-refractivity contribution < 1.29 is 18.0 Å². The fraction of sp³-hybridized carbons (Fsp3) is 0.0526. The van der Waals surface area contributed by atoms with Crippen LogP contribution in [0.3, 0.4) is 0 Å². The lowest BCUT2D eigenvalue weighted by Crippen LogP contribution is -2.17. The lowest BCUT2D eigenvalue weighted by molar-refractivity contribution is -0.137. The number of hydrogen-bond donors (Lipinski definition) is 1. The van der Waals surface area contributed by atoms with Crippen molar-refractivity contribution in [2.45, 2.75) is 6.18 Å². The molecule has 0 spiro atoms. The molecule has 5 aromatic rings. The van der Waals surface area contributed by atoms with Crippen LogP contribution in [0.5, 0.6) is 0 Å². The summed E-state index contributed by atoms with van der Waals surface area (Å²) in [5.41, 5.74) is -0.861. The molecule has 0 saturated heterocycles. The summed E-state index contributed by atoms with van der Waals surface area (Å²) in [6, 6.07) is 6.36. The summed E-state index contributed by atoms with van der Waals surface area (Å²) in [6.07, 6.45) is 2.12. The molecular formula is C19H10ClF3N8OS. The van der Waals surface area contributed by atoms with Crippen LogP contribution < -0.4 is 5.32 Å². The van der Waals surface area contributed by atoms with Crippen molar-refractivity contribution in [1.82, 2.24) is 33.7 Å². The smallest absolute Gasteiger partial charge is 0.320 e. The molecule has 14 heteroatoms. The second-order valence-electron chi connectivity index (χ2n) is 6.61. The monoisotopic (exact) mass is 490 g/mol. The van der Waals surface area contributed by atoms with E-state index in [1.807, 2.05) is 0 Å². The highest BCUT2D eigenvalue weighted by Gasteiger charge is 2.42. The van der Waals surface area contributed by atoms with E-state index in [0.29, 0.717) is 17.2 Å².